The fraction of sp³-hybridized carbons (Fsp3) is 0.273. The summed E-state index contributed by atoms with van der Waals surface area (Å²) in [6, 6.07) is 11.9. The number of hydrogen-bond acceptors (Lipinski definition) is 5. The molecule has 1 aromatic carbocycles. The topological polar surface area (TPSA) is 71.0 Å². The van der Waals surface area contributed by atoms with Crippen LogP contribution in [0, 0.1) is 5.82 Å². The fourth-order valence-corrected chi connectivity index (χ4v) is 3.67. The number of nitrogens with zero attached hydrogens (tertiary/aromatic N) is 4. The highest BCUT2D eigenvalue weighted by Crippen LogP contribution is 2.28. The van der Waals surface area contributed by atoms with Gasteiger partial charge in [-0.05, 0) is 49.2 Å². The number of piperidine rings is 1. The minimum atomic E-state index is -0.293. The van der Waals surface area contributed by atoms with Crippen LogP contribution in [0.1, 0.15) is 19.8 Å². The van der Waals surface area contributed by atoms with E-state index in [2.05, 4.69) is 20.3 Å². The molecule has 8 heteroatoms. The zero-order valence-electron chi connectivity index (χ0n) is 16.5. The Morgan fingerprint density at radius 3 is 2.50 bits per heavy atom. The lowest BCUT2D eigenvalue weighted by atomic mass is 10.1. The van der Waals surface area contributed by atoms with Crippen molar-refractivity contribution in [1.82, 2.24) is 19.9 Å². The molecule has 0 aliphatic carbocycles. The zero-order valence-corrected chi connectivity index (χ0v) is 17.2. The lowest BCUT2D eigenvalue weighted by molar-refractivity contribution is -0.129. The second-order valence-electron chi connectivity index (χ2n) is 7.23. The standard InChI is InChI=1S/C22H21ClFN5O/c1-14(30)29-11-9-17(10-12-29)26-22-25-13-18(23)21(28-22)20-4-2-3-19(27-20)15-5-7-16(24)8-6-15/h2-8,13,17H,9-12H2,1H3,(H,25,26,28). The second-order valence-corrected chi connectivity index (χ2v) is 7.64. The Kier molecular flexibility index (Phi) is 5.90. The van der Waals surface area contributed by atoms with Crippen molar-refractivity contribution in [2.24, 2.45) is 0 Å². The predicted octanol–water partition coefficient (Wildman–Crippen LogP) is 4.42. The molecule has 1 aliphatic heterocycles. The van der Waals surface area contributed by atoms with Crippen molar-refractivity contribution in [3.8, 4) is 22.6 Å². The van der Waals surface area contributed by atoms with Crippen molar-refractivity contribution < 1.29 is 9.18 Å². The highest BCUT2D eigenvalue weighted by atomic mass is 35.5. The first kappa shape index (κ1) is 20.2. The lowest BCUT2D eigenvalue weighted by Gasteiger charge is -2.31. The zero-order chi connectivity index (χ0) is 21.1. The number of amides is 1. The number of rotatable bonds is 4. The number of halogens is 2. The van der Waals surface area contributed by atoms with Crippen LogP contribution in [0.2, 0.25) is 5.02 Å². The summed E-state index contributed by atoms with van der Waals surface area (Å²) in [7, 11) is 0. The second kappa shape index (κ2) is 8.75. The van der Waals surface area contributed by atoms with E-state index in [9.17, 15) is 9.18 Å². The molecule has 1 fully saturated rings. The number of hydrogen-bond donors (Lipinski definition) is 1. The monoisotopic (exact) mass is 425 g/mol. The summed E-state index contributed by atoms with van der Waals surface area (Å²) in [5.74, 6) is 0.286. The van der Waals surface area contributed by atoms with Gasteiger partial charge in [0.25, 0.3) is 0 Å². The number of pyridine rings is 1. The molecular weight excluding hydrogens is 405 g/mol. The van der Waals surface area contributed by atoms with Gasteiger partial charge in [-0.25, -0.2) is 19.3 Å². The molecule has 1 saturated heterocycles. The highest BCUT2D eigenvalue weighted by Gasteiger charge is 2.21. The van der Waals surface area contributed by atoms with Crippen LogP contribution >= 0.6 is 11.6 Å². The van der Waals surface area contributed by atoms with Gasteiger partial charge in [0, 0.05) is 31.6 Å². The van der Waals surface area contributed by atoms with Crippen molar-refractivity contribution in [3.63, 3.8) is 0 Å². The summed E-state index contributed by atoms with van der Waals surface area (Å²) in [6.07, 6.45) is 3.22. The average molecular weight is 426 g/mol. The molecule has 154 valence electrons. The van der Waals surface area contributed by atoms with Crippen LogP contribution in [0.25, 0.3) is 22.6 Å². The number of anilines is 1. The normalized spacial score (nSPS) is 14.6. The summed E-state index contributed by atoms with van der Waals surface area (Å²) >= 11 is 6.36. The number of carbonyl (C=O) groups excluding carboxylic acids is 1. The minimum Gasteiger partial charge on any atom is -0.351 e. The number of likely N-dealkylation sites (tertiary alicyclic amines) is 1. The third-order valence-corrected chi connectivity index (χ3v) is 5.43. The molecule has 1 N–H and O–H groups in total. The van der Waals surface area contributed by atoms with Gasteiger partial charge in [-0.15, -0.1) is 0 Å². The third-order valence-electron chi connectivity index (χ3n) is 5.15. The molecule has 1 amide bonds. The molecule has 0 atom stereocenters. The van der Waals surface area contributed by atoms with E-state index in [-0.39, 0.29) is 17.8 Å². The van der Waals surface area contributed by atoms with E-state index in [1.807, 2.05) is 23.1 Å². The Bertz CT molecular complexity index is 1050. The lowest BCUT2D eigenvalue weighted by Crippen LogP contribution is -2.41. The number of carbonyl (C=O) groups is 1. The Labute approximate surface area is 179 Å². The molecule has 0 unspecified atom stereocenters. The van der Waals surface area contributed by atoms with Crippen molar-refractivity contribution in [3.05, 3.63) is 59.5 Å². The van der Waals surface area contributed by atoms with E-state index in [0.29, 0.717) is 41.1 Å². The van der Waals surface area contributed by atoms with Crippen LogP contribution in [0.15, 0.2) is 48.7 Å². The van der Waals surface area contributed by atoms with E-state index >= 15 is 0 Å². The Balaban J connectivity index is 1.54. The fourth-order valence-electron chi connectivity index (χ4n) is 3.49. The summed E-state index contributed by atoms with van der Waals surface area (Å²) in [6.45, 7) is 3.03. The maximum atomic E-state index is 13.2. The highest BCUT2D eigenvalue weighted by molar-refractivity contribution is 6.32. The molecule has 3 aromatic rings. The first-order valence-corrected chi connectivity index (χ1v) is 10.2. The maximum Gasteiger partial charge on any atom is 0.223 e. The number of nitrogens with one attached hydrogen (secondary N) is 1. The first-order valence-electron chi connectivity index (χ1n) is 9.77. The van der Waals surface area contributed by atoms with E-state index in [1.165, 1.54) is 12.1 Å². The Morgan fingerprint density at radius 2 is 1.80 bits per heavy atom. The quantitative estimate of drug-likeness (QED) is 0.670. The molecule has 4 rings (SSSR count). The van der Waals surface area contributed by atoms with Gasteiger partial charge in [0.05, 0.1) is 22.6 Å². The van der Waals surface area contributed by atoms with Gasteiger partial charge in [-0.3, -0.25) is 4.79 Å². The van der Waals surface area contributed by atoms with Gasteiger partial charge in [-0.1, -0.05) is 17.7 Å². The first-order chi connectivity index (χ1) is 14.5. The van der Waals surface area contributed by atoms with Gasteiger partial charge in [0.2, 0.25) is 11.9 Å². The maximum absolute atomic E-state index is 13.2. The molecule has 1 aliphatic rings. The van der Waals surface area contributed by atoms with Crippen molar-refractivity contribution in [2.75, 3.05) is 18.4 Å². The van der Waals surface area contributed by atoms with E-state index in [0.717, 1.165) is 18.4 Å². The van der Waals surface area contributed by atoms with E-state index in [4.69, 9.17) is 11.6 Å². The Hall–Kier alpha value is -3.06. The van der Waals surface area contributed by atoms with Crippen LogP contribution in [0.5, 0.6) is 0 Å². The largest absolute Gasteiger partial charge is 0.351 e. The van der Waals surface area contributed by atoms with Gasteiger partial charge < -0.3 is 10.2 Å². The van der Waals surface area contributed by atoms with Crippen LogP contribution < -0.4 is 5.32 Å². The van der Waals surface area contributed by atoms with Gasteiger partial charge >= 0.3 is 0 Å². The van der Waals surface area contributed by atoms with Gasteiger partial charge in [-0.2, -0.15) is 0 Å². The molecule has 0 saturated carbocycles. The molecule has 0 bridgehead atoms. The van der Waals surface area contributed by atoms with Crippen LogP contribution in [-0.2, 0) is 4.79 Å². The van der Waals surface area contributed by atoms with Gasteiger partial charge in [0.15, 0.2) is 0 Å². The third kappa shape index (κ3) is 4.57. The number of benzene rings is 1. The summed E-state index contributed by atoms with van der Waals surface area (Å²) in [5, 5.41) is 3.74. The smallest absolute Gasteiger partial charge is 0.223 e. The predicted molar refractivity (Wildman–Crippen MR) is 115 cm³/mol. The molecular formula is C22H21ClFN5O. The number of aromatic nitrogens is 3. The molecule has 30 heavy (non-hydrogen) atoms. The van der Waals surface area contributed by atoms with E-state index < -0.39 is 0 Å². The van der Waals surface area contributed by atoms with Crippen molar-refractivity contribution in [1.29, 1.82) is 0 Å². The minimum absolute atomic E-state index is 0.102. The van der Waals surface area contributed by atoms with Crippen molar-refractivity contribution >= 4 is 23.5 Å². The summed E-state index contributed by atoms with van der Waals surface area (Å²) in [5.41, 5.74) is 2.64. The molecule has 0 radical (unpaired) electrons. The average Bonchev–Trinajstić information content (AvgIpc) is 2.76. The van der Waals surface area contributed by atoms with Gasteiger partial charge in [0.1, 0.15) is 11.5 Å². The summed E-state index contributed by atoms with van der Waals surface area (Å²) in [4.78, 5) is 26.9. The van der Waals surface area contributed by atoms with Crippen LogP contribution in [0.3, 0.4) is 0 Å². The van der Waals surface area contributed by atoms with Crippen LogP contribution in [-0.4, -0.2) is 44.9 Å². The Morgan fingerprint density at radius 1 is 1.10 bits per heavy atom. The summed E-state index contributed by atoms with van der Waals surface area (Å²) < 4.78 is 13.2. The van der Waals surface area contributed by atoms with E-state index in [1.54, 1.807) is 25.3 Å². The molecule has 2 aromatic heterocycles. The van der Waals surface area contributed by atoms with Crippen molar-refractivity contribution in [2.45, 2.75) is 25.8 Å². The van der Waals surface area contributed by atoms with Crippen LogP contribution in [0.4, 0.5) is 10.3 Å². The molecule has 6 nitrogen and oxygen atoms in total. The molecule has 3 heterocycles. The SMILES string of the molecule is CC(=O)N1CCC(Nc2ncc(Cl)c(-c3cccc(-c4ccc(F)cc4)n3)n2)CC1. The molecule has 0 spiro atoms.